The van der Waals surface area contributed by atoms with Crippen LogP contribution in [-0.2, 0) is 6.42 Å². The number of hydrogen-bond acceptors (Lipinski definition) is 3. The van der Waals surface area contributed by atoms with Crippen LogP contribution < -0.4 is 10.2 Å². The van der Waals surface area contributed by atoms with Gasteiger partial charge in [0.2, 0.25) is 0 Å². The Morgan fingerprint density at radius 2 is 2.00 bits per heavy atom. The number of carbonyl (C=O) groups excluding carboxylic acids is 2. The largest absolute Gasteiger partial charge is 0.352 e. The van der Waals surface area contributed by atoms with Crippen molar-refractivity contribution in [1.29, 1.82) is 0 Å². The molecule has 5 nitrogen and oxygen atoms in total. The van der Waals surface area contributed by atoms with Gasteiger partial charge in [0.1, 0.15) is 0 Å². The molecule has 0 saturated carbocycles. The zero-order valence-corrected chi connectivity index (χ0v) is 14.0. The molecule has 1 aromatic heterocycles. The third kappa shape index (κ3) is 3.02. The molecule has 1 N–H and O–H groups in total. The van der Waals surface area contributed by atoms with Crippen molar-refractivity contribution in [3.8, 4) is 0 Å². The van der Waals surface area contributed by atoms with Gasteiger partial charge in [0.15, 0.2) is 0 Å². The van der Waals surface area contributed by atoms with Crippen molar-refractivity contribution >= 4 is 17.5 Å². The second-order valence-corrected chi connectivity index (χ2v) is 6.08. The summed E-state index contributed by atoms with van der Waals surface area (Å²) >= 11 is 0. The molecule has 2 aromatic rings. The fraction of sp³-hybridized carbons (Fsp3) is 0.316. The summed E-state index contributed by atoms with van der Waals surface area (Å²) in [7, 11) is 0. The van der Waals surface area contributed by atoms with Crippen LogP contribution in [0.4, 0.5) is 5.69 Å². The smallest absolute Gasteiger partial charge is 0.260 e. The minimum absolute atomic E-state index is 0.0903. The van der Waals surface area contributed by atoms with E-state index in [1.165, 1.54) is 18.0 Å². The van der Waals surface area contributed by atoms with E-state index in [0.717, 1.165) is 18.5 Å². The van der Waals surface area contributed by atoms with Crippen LogP contribution in [0.3, 0.4) is 0 Å². The summed E-state index contributed by atoms with van der Waals surface area (Å²) in [5, 5.41) is 2.80. The van der Waals surface area contributed by atoms with Gasteiger partial charge in [-0.25, -0.2) is 0 Å². The van der Waals surface area contributed by atoms with E-state index in [2.05, 4.69) is 10.3 Å². The van der Waals surface area contributed by atoms with Crippen LogP contribution in [0, 0.1) is 0 Å². The predicted octanol–water partition coefficient (Wildman–Crippen LogP) is 2.81. The lowest BCUT2D eigenvalue weighted by Gasteiger charge is -2.22. The maximum atomic E-state index is 13.0. The number of amides is 2. The van der Waals surface area contributed by atoms with Crippen molar-refractivity contribution in [2.45, 2.75) is 32.7 Å². The van der Waals surface area contributed by atoms with Gasteiger partial charge in [-0.3, -0.25) is 14.6 Å². The van der Waals surface area contributed by atoms with Gasteiger partial charge in [-0.1, -0.05) is 25.1 Å². The van der Waals surface area contributed by atoms with Crippen molar-refractivity contribution in [2.75, 3.05) is 11.4 Å². The number of nitrogens with one attached hydrogen (secondary N) is 1. The minimum Gasteiger partial charge on any atom is -0.352 e. The molecule has 1 aliphatic heterocycles. The average Bonchev–Trinajstić information content (AvgIpc) is 2.94. The molecular weight excluding hydrogens is 302 g/mol. The number of fused-ring (bicyclic) bond motifs is 1. The molecule has 5 heteroatoms. The molecule has 1 atom stereocenters. The first-order chi connectivity index (χ1) is 11.6. The fourth-order valence-corrected chi connectivity index (χ4v) is 3.04. The molecule has 0 fully saturated rings. The molecule has 2 amide bonds. The molecule has 1 aromatic carbocycles. The van der Waals surface area contributed by atoms with E-state index in [9.17, 15) is 9.59 Å². The number of carbonyl (C=O) groups is 2. The highest BCUT2D eigenvalue weighted by molar-refractivity contribution is 6.08. The Kier molecular flexibility index (Phi) is 4.60. The third-order valence-corrected chi connectivity index (χ3v) is 4.21. The number of benzene rings is 1. The van der Waals surface area contributed by atoms with E-state index in [-0.39, 0.29) is 17.9 Å². The van der Waals surface area contributed by atoms with Gasteiger partial charge in [0, 0.05) is 30.7 Å². The molecular formula is C19H21N3O2. The molecule has 1 aliphatic rings. The highest BCUT2D eigenvalue weighted by Gasteiger charge is 2.31. The highest BCUT2D eigenvalue weighted by atomic mass is 16.2. The van der Waals surface area contributed by atoms with Gasteiger partial charge in [0.05, 0.1) is 11.1 Å². The molecule has 1 unspecified atom stereocenters. The van der Waals surface area contributed by atoms with Gasteiger partial charge < -0.3 is 10.2 Å². The van der Waals surface area contributed by atoms with Crippen LogP contribution in [0.15, 0.2) is 42.7 Å². The van der Waals surface area contributed by atoms with Gasteiger partial charge in [0.25, 0.3) is 11.8 Å². The Labute approximate surface area is 141 Å². The first-order valence-corrected chi connectivity index (χ1v) is 8.26. The van der Waals surface area contributed by atoms with Crippen molar-refractivity contribution < 1.29 is 9.59 Å². The quantitative estimate of drug-likeness (QED) is 0.941. The number of rotatable bonds is 4. The van der Waals surface area contributed by atoms with Crippen LogP contribution in [0.2, 0.25) is 0 Å². The van der Waals surface area contributed by atoms with E-state index in [1.807, 2.05) is 38.1 Å². The van der Waals surface area contributed by atoms with E-state index in [4.69, 9.17) is 0 Å². The number of pyridine rings is 1. The summed E-state index contributed by atoms with van der Waals surface area (Å²) in [6.07, 6.45) is 4.71. The molecule has 0 saturated heterocycles. The molecule has 3 rings (SSSR count). The average molecular weight is 323 g/mol. The molecule has 0 radical (unpaired) electrons. The zero-order valence-electron chi connectivity index (χ0n) is 14.0. The van der Waals surface area contributed by atoms with Crippen molar-refractivity contribution in [1.82, 2.24) is 10.3 Å². The summed E-state index contributed by atoms with van der Waals surface area (Å²) in [6.45, 7) is 4.63. The van der Waals surface area contributed by atoms with Crippen LogP contribution >= 0.6 is 0 Å². The third-order valence-electron chi connectivity index (χ3n) is 4.21. The SMILES string of the molecule is CCCNC(=O)c1cncc(C(=O)N2c3ccccc3CC2C)c1. The molecule has 124 valence electrons. The van der Waals surface area contributed by atoms with Crippen LogP contribution in [-0.4, -0.2) is 29.4 Å². The molecule has 24 heavy (non-hydrogen) atoms. The Balaban J connectivity index is 1.87. The molecule has 0 spiro atoms. The van der Waals surface area contributed by atoms with Crippen LogP contribution in [0.1, 0.15) is 46.5 Å². The summed E-state index contributed by atoms with van der Waals surface area (Å²) < 4.78 is 0. The van der Waals surface area contributed by atoms with E-state index >= 15 is 0 Å². The number of nitrogens with zero attached hydrogens (tertiary/aromatic N) is 2. The van der Waals surface area contributed by atoms with E-state index in [1.54, 1.807) is 11.0 Å². The minimum atomic E-state index is -0.200. The van der Waals surface area contributed by atoms with Crippen LogP contribution in [0.25, 0.3) is 0 Å². The first kappa shape index (κ1) is 16.2. The van der Waals surface area contributed by atoms with Gasteiger partial charge in [-0.15, -0.1) is 0 Å². The highest BCUT2D eigenvalue weighted by Crippen LogP contribution is 2.32. The monoisotopic (exact) mass is 323 g/mol. The van der Waals surface area contributed by atoms with Crippen molar-refractivity contribution in [3.63, 3.8) is 0 Å². The first-order valence-electron chi connectivity index (χ1n) is 8.26. The second kappa shape index (κ2) is 6.83. The van der Waals surface area contributed by atoms with Crippen molar-refractivity contribution in [3.05, 3.63) is 59.4 Å². The number of hydrogen-bond donors (Lipinski definition) is 1. The lowest BCUT2D eigenvalue weighted by Crippen LogP contribution is -2.36. The summed E-state index contributed by atoms with van der Waals surface area (Å²) in [6, 6.07) is 9.64. The van der Waals surface area contributed by atoms with Gasteiger partial charge in [-0.2, -0.15) is 0 Å². The predicted molar refractivity (Wildman–Crippen MR) is 93.3 cm³/mol. The standard InChI is InChI=1S/C19H21N3O2/c1-3-8-21-18(23)15-10-16(12-20-11-15)19(24)22-13(2)9-14-6-4-5-7-17(14)22/h4-7,10-13H,3,8-9H2,1-2H3,(H,21,23). The van der Waals surface area contributed by atoms with Gasteiger partial charge in [-0.05, 0) is 37.5 Å². The molecule has 2 heterocycles. The lowest BCUT2D eigenvalue weighted by atomic mass is 10.1. The fourth-order valence-electron chi connectivity index (χ4n) is 3.04. The van der Waals surface area contributed by atoms with E-state index in [0.29, 0.717) is 17.7 Å². The summed E-state index contributed by atoms with van der Waals surface area (Å²) in [5.41, 5.74) is 2.95. The normalized spacial score (nSPS) is 15.9. The Morgan fingerprint density at radius 3 is 2.79 bits per heavy atom. The maximum Gasteiger partial charge on any atom is 0.260 e. The summed E-state index contributed by atoms with van der Waals surface area (Å²) in [5.74, 6) is -0.320. The van der Waals surface area contributed by atoms with Crippen molar-refractivity contribution in [2.24, 2.45) is 0 Å². The second-order valence-electron chi connectivity index (χ2n) is 6.08. The Morgan fingerprint density at radius 1 is 1.25 bits per heavy atom. The van der Waals surface area contributed by atoms with Crippen LogP contribution in [0.5, 0.6) is 0 Å². The number of para-hydroxylation sites is 1. The topological polar surface area (TPSA) is 62.3 Å². The Bertz CT molecular complexity index is 773. The maximum absolute atomic E-state index is 13.0. The molecule has 0 bridgehead atoms. The Hall–Kier alpha value is -2.69. The number of aromatic nitrogens is 1. The van der Waals surface area contributed by atoms with E-state index < -0.39 is 0 Å². The summed E-state index contributed by atoms with van der Waals surface area (Å²) in [4.78, 5) is 30.9. The lowest BCUT2D eigenvalue weighted by molar-refractivity contribution is 0.0953. The van der Waals surface area contributed by atoms with Gasteiger partial charge >= 0.3 is 0 Å². The number of anilines is 1. The zero-order chi connectivity index (χ0) is 17.1. The molecule has 0 aliphatic carbocycles.